The van der Waals surface area contributed by atoms with Gasteiger partial charge in [-0.2, -0.15) is 0 Å². The van der Waals surface area contributed by atoms with E-state index in [1.54, 1.807) is 0 Å². The quantitative estimate of drug-likeness (QED) is 0.753. The maximum atomic E-state index is 6.08. The molecule has 0 aliphatic carbocycles. The summed E-state index contributed by atoms with van der Waals surface area (Å²) in [5.74, 6) is 0. The number of aryl methyl sites for hydroxylation is 1. The van der Waals surface area contributed by atoms with Crippen LogP contribution in [0.25, 0.3) is 0 Å². The molecule has 1 rings (SSSR count). The smallest absolute Gasteiger partial charge is 0.0656 e. The fourth-order valence-electron chi connectivity index (χ4n) is 2.14. The first-order valence-corrected chi connectivity index (χ1v) is 6.69. The maximum absolute atomic E-state index is 6.08. The van der Waals surface area contributed by atoms with Crippen molar-refractivity contribution in [2.45, 2.75) is 52.5 Å². The van der Waals surface area contributed by atoms with Gasteiger partial charge in [-0.15, -0.1) is 0 Å². The lowest BCUT2D eigenvalue weighted by molar-refractivity contribution is 0.420. The highest BCUT2D eigenvalue weighted by Gasteiger charge is 2.24. The van der Waals surface area contributed by atoms with Crippen LogP contribution in [-0.4, -0.2) is 5.54 Å². The summed E-state index contributed by atoms with van der Waals surface area (Å²) in [5, 5.41) is 4.26. The van der Waals surface area contributed by atoms with Crippen molar-refractivity contribution in [3.63, 3.8) is 0 Å². The fraction of sp³-hybridized carbons (Fsp3) is 0.571. The standard InChI is InChI=1S/C14H23ClN2/c1-5-14(6-2,7-3)17-13-9-11(15)12(16)8-10(13)4/h8-9,17H,5-7,16H2,1-4H3. The van der Waals surface area contributed by atoms with Crippen LogP contribution in [0.3, 0.4) is 0 Å². The van der Waals surface area contributed by atoms with Gasteiger partial charge >= 0.3 is 0 Å². The Bertz CT molecular complexity index is 376. The monoisotopic (exact) mass is 254 g/mol. The van der Waals surface area contributed by atoms with Gasteiger partial charge in [0, 0.05) is 11.2 Å². The highest BCUT2D eigenvalue weighted by atomic mass is 35.5. The van der Waals surface area contributed by atoms with Gasteiger partial charge in [-0.25, -0.2) is 0 Å². The summed E-state index contributed by atoms with van der Waals surface area (Å²) in [4.78, 5) is 0. The third-order valence-corrected chi connectivity index (χ3v) is 4.10. The van der Waals surface area contributed by atoms with E-state index in [2.05, 4.69) is 33.0 Å². The Balaban J connectivity index is 3.05. The van der Waals surface area contributed by atoms with Crippen molar-refractivity contribution in [2.24, 2.45) is 0 Å². The Morgan fingerprint density at radius 3 is 2.18 bits per heavy atom. The molecule has 1 aromatic rings. The molecule has 3 heteroatoms. The number of hydrogen-bond donors (Lipinski definition) is 2. The van der Waals surface area contributed by atoms with Crippen LogP contribution in [0.1, 0.15) is 45.6 Å². The minimum atomic E-state index is 0.157. The zero-order valence-electron chi connectivity index (χ0n) is 11.2. The molecule has 0 unspecified atom stereocenters. The van der Waals surface area contributed by atoms with Crippen LogP contribution in [0.4, 0.5) is 11.4 Å². The molecule has 0 aliphatic heterocycles. The summed E-state index contributed by atoms with van der Waals surface area (Å²) in [6.07, 6.45) is 3.30. The molecule has 17 heavy (non-hydrogen) atoms. The Morgan fingerprint density at radius 1 is 1.18 bits per heavy atom. The number of benzene rings is 1. The fourth-order valence-corrected chi connectivity index (χ4v) is 2.30. The zero-order valence-corrected chi connectivity index (χ0v) is 12.0. The van der Waals surface area contributed by atoms with E-state index in [0.717, 1.165) is 30.5 Å². The van der Waals surface area contributed by atoms with Gasteiger partial charge in [-0.3, -0.25) is 0 Å². The predicted octanol–water partition coefficient (Wildman–Crippen LogP) is 4.61. The van der Waals surface area contributed by atoms with Gasteiger partial charge in [-0.05, 0) is 43.9 Å². The molecule has 0 aromatic heterocycles. The van der Waals surface area contributed by atoms with Crippen LogP contribution < -0.4 is 11.1 Å². The second-order valence-corrected chi connectivity index (χ2v) is 5.06. The van der Waals surface area contributed by atoms with Crippen molar-refractivity contribution in [1.29, 1.82) is 0 Å². The molecule has 0 saturated carbocycles. The summed E-state index contributed by atoms with van der Waals surface area (Å²) < 4.78 is 0. The summed E-state index contributed by atoms with van der Waals surface area (Å²) in [7, 11) is 0. The normalized spacial score (nSPS) is 11.6. The lowest BCUT2D eigenvalue weighted by Gasteiger charge is -2.34. The summed E-state index contributed by atoms with van der Waals surface area (Å²) in [6.45, 7) is 8.71. The molecule has 0 saturated heterocycles. The molecule has 0 fully saturated rings. The van der Waals surface area contributed by atoms with Gasteiger partial charge in [0.25, 0.3) is 0 Å². The van der Waals surface area contributed by atoms with E-state index in [1.807, 2.05) is 12.1 Å². The predicted molar refractivity (Wildman–Crippen MR) is 77.8 cm³/mol. The molecule has 0 heterocycles. The molecular weight excluding hydrogens is 232 g/mol. The first kappa shape index (κ1) is 14.2. The lowest BCUT2D eigenvalue weighted by atomic mass is 9.89. The molecule has 96 valence electrons. The minimum absolute atomic E-state index is 0.157. The SMILES string of the molecule is CCC(CC)(CC)Nc1cc(Cl)c(N)cc1C. The maximum Gasteiger partial charge on any atom is 0.0656 e. The molecule has 3 N–H and O–H groups in total. The molecular formula is C14H23ClN2. The Kier molecular flexibility index (Phi) is 4.70. The van der Waals surface area contributed by atoms with Crippen molar-refractivity contribution in [1.82, 2.24) is 0 Å². The highest BCUT2D eigenvalue weighted by Crippen LogP contribution is 2.31. The minimum Gasteiger partial charge on any atom is -0.398 e. The number of nitrogens with two attached hydrogens (primary N) is 1. The topological polar surface area (TPSA) is 38.0 Å². The molecule has 0 bridgehead atoms. The number of nitrogen functional groups attached to an aromatic ring is 1. The first-order chi connectivity index (χ1) is 7.98. The Labute approximate surface area is 110 Å². The second kappa shape index (κ2) is 5.63. The van der Waals surface area contributed by atoms with Crippen LogP contribution >= 0.6 is 11.6 Å². The average Bonchev–Trinajstić information content (AvgIpc) is 2.33. The van der Waals surface area contributed by atoms with E-state index >= 15 is 0 Å². The van der Waals surface area contributed by atoms with Crippen molar-refractivity contribution >= 4 is 23.0 Å². The van der Waals surface area contributed by atoms with Gasteiger partial charge in [-0.1, -0.05) is 32.4 Å². The van der Waals surface area contributed by atoms with E-state index in [9.17, 15) is 0 Å². The molecule has 0 aliphatic rings. The number of halogens is 1. The largest absolute Gasteiger partial charge is 0.398 e. The molecule has 0 amide bonds. The molecule has 1 aromatic carbocycles. The van der Waals surface area contributed by atoms with Gasteiger partial charge < -0.3 is 11.1 Å². The zero-order chi connectivity index (χ0) is 13.1. The van der Waals surface area contributed by atoms with Crippen LogP contribution in [0.15, 0.2) is 12.1 Å². The van der Waals surface area contributed by atoms with Gasteiger partial charge in [0.15, 0.2) is 0 Å². The third-order valence-electron chi connectivity index (χ3n) is 3.77. The number of nitrogens with one attached hydrogen (secondary N) is 1. The van der Waals surface area contributed by atoms with Crippen LogP contribution in [-0.2, 0) is 0 Å². The molecule has 0 radical (unpaired) electrons. The number of anilines is 2. The van der Waals surface area contributed by atoms with Crippen LogP contribution in [0.5, 0.6) is 0 Å². The molecule has 0 atom stereocenters. The van der Waals surface area contributed by atoms with Crippen molar-refractivity contribution < 1.29 is 0 Å². The van der Waals surface area contributed by atoms with E-state index in [0.29, 0.717) is 10.7 Å². The van der Waals surface area contributed by atoms with E-state index in [-0.39, 0.29) is 5.54 Å². The summed E-state index contributed by atoms with van der Waals surface area (Å²) in [6, 6.07) is 3.86. The lowest BCUT2D eigenvalue weighted by Crippen LogP contribution is -2.36. The number of hydrogen-bond acceptors (Lipinski definition) is 2. The Hall–Kier alpha value is -0.890. The van der Waals surface area contributed by atoms with Crippen LogP contribution in [0.2, 0.25) is 5.02 Å². The third kappa shape index (κ3) is 3.06. The van der Waals surface area contributed by atoms with Crippen molar-refractivity contribution in [3.05, 3.63) is 22.7 Å². The first-order valence-electron chi connectivity index (χ1n) is 6.31. The van der Waals surface area contributed by atoms with Crippen LogP contribution in [0, 0.1) is 6.92 Å². The van der Waals surface area contributed by atoms with Crippen molar-refractivity contribution in [2.75, 3.05) is 11.1 Å². The van der Waals surface area contributed by atoms with Crippen molar-refractivity contribution in [3.8, 4) is 0 Å². The van der Waals surface area contributed by atoms with E-state index in [1.165, 1.54) is 0 Å². The Morgan fingerprint density at radius 2 is 1.71 bits per heavy atom. The molecule has 2 nitrogen and oxygen atoms in total. The van der Waals surface area contributed by atoms with E-state index < -0.39 is 0 Å². The second-order valence-electron chi connectivity index (χ2n) is 4.65. The average molecular weight is 255 g/mol. The van der Waals surface area contributed by atoms with Gasteiger partial charge in [0.1, 0.15) is 0 Å². The highest BCUT2D eigenvalue weighted by molar-refractivity contribution is 6.33. The number of rotatable bonds is 5. The van der Waals surface area contributed by atoms with E-state index in [4.69, 9.17) is 17.3 Å². The molecule has 0 spiro atoms. The van der Waals surface area contributed by atoms with Gasteiger partial charge in [0.05, 0.1) is 10.7 Å². The van der Waals surface area contributed by atoms with Gasteiger partial charge in [0.2, 0.25) is 0 Å². The summed E-state index contributed by atoms with van der Waals surface area (Å²) >= 11 is 6.08. The summed E-state index contributed by atoms with van der Waals surface area (Å²) in [5.41, 5.74) is 8.83.